The van der Waals surface area contributed by atoms with E-state index in [1.807, 2.05) is 0 Å². The Morgan fingerprint density at radius 2 is 1.81 bits per heavy atom. The summed E-state index contributed by atoms with van der Waals surface area (Å²) in [6, 6.07) is 2.90. The monoisotopic (exact) mass is 295 g/mol. The van der Waals surface area contributed by atoms with E-state index in [9.17, 15) is 8.78 Å². The van der Waals surface area contributed by atoms with Crippen LogP contribution in [0.15, 0.2) is 12.1 Å². The molecule has 1 unspecified atom stereocenters. The van der Waals surface area contributed by atoms with Crippen LogP contribution in [0.2, 0.25) is 0 Å². The maximum atomic E-state index is 14.1. The predicted octanol–water partition coefficient (Wildman–Crippen LogP) is 5.27. The Balaban J connectivity index is 1.99. The summed E-state index contributed by atoms with van der Waals surface area (Å²) in [5.41, 5.74) is 6.91. The second kappa shape index (κ2) is 7.35. The third kappa shape index (κ3) is 3.82. The molecule has 0 aromatic heterocycles. The molecule has 3 heteroatoms. The van der Waals surface area contributed by atoms with Crippen molar-refractivity contribution in [3.8, 4) is 0 Å². The van der Waals surface area contributed by atoms with Gasteiger partial charge in [0.1, 0.15) is 0 Å². The van der Waals surface area contributed by atoms with Gasteiger partial charge in [0.2, 0.25) is 0 Å². The third-order valence-electron chi connectivity index (χ3n) is 5.03. The average molecular weight is 295 g/mol. The molecule has 1 atom stereocenters. The molecule has 0 amide bonds. The summed E-state index contributed by atoms with van der Waals surface area (Å²) in [4.78, 5) is 0. The van der Waals surface area contributed by atoms with Crippen LogP contribution in [-0.4, -0.2) is 0 Å². The molecule has 1 nitrogen and oxygen atoms in total. The van der Waals surface area contributed by atoms with E-state index in [0.717, 1.165) is 18.8 Å². The summed E-state index contributed by atoms with van der Waals surface area (Å²) in [6.45, 7) is 3.79. The minimum atomic E-state index is -0.754. The molecular formula is C18H27F2N. The lowest BCUT2D eigenvalue weighted by Crippen LogP contribution is -2.27. The summed E-state index contributed by atoms with van der Waals surface area (Å²) in [5, 5.41) is 0. The fraction of sp³-hybridized carbons (Fsp3) is 0.667. The lowest BCUT2D eigenvalue weighted by molar-refractivity contribution is 0.230. The Hall–Kier alpha value is -0.960. The van der Waals surface area contributed by atoms with Crippen LogP contribution in [0.4, 0.5) is 8.78 Å². The first kappa shape index (κ1) is 16.4. The maximum absolute atomic E-state index is 14.1. The van der Waals surface area contributed by atoms with Crippen molar-refractivity contribution in [2.24, 2.45) is 17.6 Å². The van der Waals surface area contributed by atoms with Crippen LogP contribution in [0, 0.1) is 30.4 Å². The second-order valence-corrected chi connectivity index (χ2v) is 6.55. The number of hydrogen-bond acceptors (Lipinski definition) is 1. The van der Waals surface area contributed by atoms with Gasteiger partial charge in [-0.1, -0.05) is 51.2 Å². The topological polar surface area (TPSA) is 26.0 Å². The molecule has 1 aliphatic carbocycles. The first-order valence-electron chi connectivity index (χ1n) is 8.24. The molecule has 1 fully saturated rings. The van der Waals surface area contributed by atoms with Crippen LogP contribution in [0.25, 0.3) is 0 Å². The molecule has 1 saturated carbocycles. The fourth-order valence-corrected chi connectivity index (χ4v) is 3.50. The van der Waals surface area contributed by atoms with Gasteiger partial charge < -0.3 is 5.73 Å². The van der Waals surface area contributed by atoms with Crippen molar-refractivity contribution in [3.05, 3.63) is 34.9 Å². The van der Waals surface area contributed by atoms with Gasteiger partial charge in [-0.3, -0.25) is 0 Å². The Morgan fingerprint density at radius 3 is 2.43 bits per heavy atom. The average Bonchev–Trinajstić information content (AvgIpc) is 2.51. The van der Waals surface area contributed by atoms with Crippen molar-refractivity contribution in [1.29, 1.82) is 0 Å². The highest BCUT2D eigenvalue weighted by atomic mass is 19.2. The summed E-state index contributed by atoms with van der Waals surface area (Å²) in [5.74, 6) is -0.428. The van der Waals surface area contributed by atoms with Crippen molar-refractivity contribution in [3.63, 3.8) is 0 Å². The molecule has 0 bridgehead atoms. The minimum Gasteiger partial charge on any atom is -0.324 e. The quantitative estimate of drug-likeness (QED) is 0.786. The van der Waals surface area contributed by atoms with Gasteiger partial charge in [-0.25, -0.2) is 8.78 Å². The van der Waals surface area contributed by atoms with Gasteiger partial charge in [0.25, 0.3) is 0 Å². The molecule has 0 heterocycles. The van der Waals surface area contributed by atoms with Crippen LogP contribution in [0.3, 0.4) is 0 Å². The maximum Gasteiger partial charge on any atom is 0.163 e. The van der Waals surface area contributed by atoms with Crippen molar-refractivity contribution in [2.45, 2.75) is 64.8 Å². The van der Waals surface area contributed by atoms with E-state index in [0.29, 0.717) is 11.1 Å². The molecule has 1 aromatic rings. The highest BCUT2D eigenvalue weighted by Gasteiger charge is 2.28. The Labute approximate surface area is 126 Å². The van der Waals surface area contributed by atoms with E-state index in [-0.39, 0.29) is 12.0 Å². The van der Waals surface area contributed by atoms with Crippen LogP contribution in [0.5, 0.6) is 0 Å². The van der Waals surface area contributed by atoms with Crippen LogP contribution in [-0.2, 0) is 0 Å². The van der Waals surface area contributed by atoms with Gasteiger partial charge in [-0.2, -0.15) is 0 Å². The molecule has 0 saturated heterocycles. The smallest absolute Gasteiger partial charge is 0.163 e. The van der Waals surface area contributed by atoms with Gasteiger partial charge in [0.05, 0.1) is 0 Å². The molecule has 21 heavy (non-hydrogen) atoms. The molecular weight excluding hydrogens is 268 g/mol. The summed E-state index contributed by atoms with van der Waals surface area (Å²) in [6.07, 6.45) is 8.25. The fourth-order valence-electron chi connectivity index (χ4n) is 3.50. The van der Waals surface area contributed by atoms with E-state index in [4.69, 9.17) is 5.73 Å². The second-order valence-electron chi connectivity index (χ2n) is 6.55. The zero-order valence-corrected chi connectivity index (χ0v) is 13.2. The van der Waals surface area contributed by atoms with Crippen molar-refractivity contribution in [1.82, 2.24) is 0 Å². The highest BCUT2D eigenvalue weighted by Crippen LogP contribution is 2.38. The number of rotatable bonds is 5. The normalized spacial score (nSPS) is 24.0. The molecule has 0 spiro atoms. The number of unbranched alkanes of at least 4 members (excludes halogenated alkanes) is 1. The van der Waals surface area contributed by atoms with Gasteiger partial charge in [0.15, 0.2) is 11.6 Å². The first-order chi connectivity index (χ1) is 10.0. The van der Waals surface area contributed by atoms with Gasteiger partial charge in [-0.05, 0) is 37.2 Å². The Bertz CT molecular complexity index is 465. The number of halogens is 2. The molecule has 2 rings (SSSR count). The zero-order chi connectivity index (χ0) is 15.4. The first-order valence-corrected chi connectivity index (χ1v) is 8.24. The summed E-state index contributed by atoms with van der Waals surface area (Å²) >= 11 is 0. The molecule has 0 radical (unpaired) electrons. The van der Waals surface area contributed by atoms with Crippen LogP contribution in [0.1, 0.15) is 69.0 Å². The molecule has 118 valence electrons. The van der Waals surface area contributed by atoms with E-state index >= 15 is 0 Å². The Morgan fingerprint density at radius 1 is 1.14 bits per heavy atom. The van der Waals surface area contributed by atoms with E-state index in [1.165, 1.54) is 32.1 Å². The van der Waals surface area contributed by atoms with Gasteiger partial charge >= 0.3 is 0 Å². The van der Waals surface area contributed by atoms with Crippen LogP contribution < -0.4 is 5.73 Å². The van der Waals surface area contributed by atoms with Crippen molar-refractivity contribution in [2.75, 3.05) is 0 Å². The lowest BCUT2D eigenvalue weighted by atomic mass is 9.75. The molecule has 1 aliphatic rings. The van der Waals surface area contributed by atoms with Gasteiger partial charge in [-0.15, -0.1) is 0 Å². The Kier molecular flexibility index (Phi) is 5.74. The van der Waals surface area contributed by atoms with Crippen LogP contribution >= 0.6 is 0 Å². The van der Waals surface area contributed by atoms with E-state index in [1.54, 1.807) is 19.1 Å². The summed E-state index contributed by atoms with van der Waals surface area (Å²) < 4.78 is 27.7. The van der Waals surface area contributed by atoms with Crippen molar-refractivity contribution >= 4 is 0 Å². The number of nitrogens with two attached hydrogens (primary N) is 1. The standard InChI is InChI=1S/C18H27F2N/c1-3-4-5-13-7-9-14(10-8-13)18(21)15-11-6-12(2)16(19)17(15)20/h6,11,13-14,18H,3-5,7-10,21H2,1-2H3. The summed E-state index contributed by atoms with van der Waals surface area (Å²) in [7, 11) is 0. The zero-order valence-electron chi connectivity index (χ0n) is 13.2. The van der Waals surface area contributed by atoms with Crippen molar-refractivity contribution < 1.29 is 8.78 Å². The molecule has 2 N–H and O–H groups in total. The van der Waals surface area contributed by atoms with E-state index < -0.39 is 11.6 Å². The number of benzene rings is 1. The molecule has 1 aromatic carbocycles. The third-order valence-corrected chi connectivity index (χ3v) is 5.03. The minimum absolute atomic E-state index is 0.277. The van der Waals surface area contributed by atoms with E-state index in [2.05, 4.69) is 6.92 Å². The lowest BCUT2D eigenvalue weighted by Gasteiger charge is -2.32. The molecule has 0 aliphatic heterocycles. The number of aryl methyl sites for hydroxylation is 1. The number of hydrogen-bond donors (Lipinski definition) is 1. The SMILES string of the molecule is CCCCC1CCC(C(N)c2ccc(C)c(F)c2F)CC1. The highest BCUT2D eigenvalue weighted by molar-refractivity contribution is 5.28. The largest absolute Gasteiger partial charge is 0.324 e. The van der Waals surface area contributed by atoms with Gasteiger partial charge in [0, 0.05) is 11.6 Å². The predicted molar refractivity (Wildman–Crippen MR) is 83.0 cm³/mol.